The van der Waals surface area contributed by atoms with Gasteiger partial charge in [-0.1, -0.05) is 44.2 Å². The van der Waals surface area contributed by atoms with Crippen LogP contribution < -0.4 is 16.0 Å². The Morgan fingerprint density at radius 3 is 2.37 bits per heavy atom. The summed E-state index contributed by atoms with van der Waals surface area (Å²) in [7, 11) is 0. The quantitative estimate of drug-likeness (QED) is 0.555. The maximum absolute atomic E-state index is 12.4. The SMILES string of the molecule is CC(C)C(NC(=O)Cc1ccccc1)C(=O)NCCCNc1ncccn1. The number of nitrogens with zero attached hydrogens (tertiary/aromatic N) is 2. The fourth-order valence-electron chi connectivity index (χ4n) is 2.54. The Balaban J connectivity index is 1.72. The van der Waals surface area contributed by atoms with Gasteiger partial charge in [0.2, 0.25) is 17.8 Å². The number of rotatable bonds is 10. The van der Waals surface area contributed by atoms with Gasteiger partial charge in [0.15, 0.2) is 0 Å². The molecule has 0 radical (unpaired) electrons. The van der Waals surface area contributed by atoms with E-state index in [9.17, 15) is 9.59 Å². The van der Waals surface area contributed by atoms with Crippen molar-refractivity contribution in [2.75, 3.05) is 18.4 Å². The zero-order valence-corrected chi connectivity index (χ0v) is 15.8. The van der Waals surface area contributed by atoms with Gasteiger partial charge >= 0.3 is 0 Å². The van der Waals surface area contributed by atoms with Crippen molar-refractivity contribution in [3.05, 3.63) is 54.4 Å². The molecular weight excluding hydrogens is 342 g/mol. The first-order valence-electron chi connectivity index (χ1n) is 9.18. The number of aromatic nitrogens is 2. The van der Waals surface area contributed by atoms with Crippen molar-refractivity contribution < 1.29 is 9.59 Å². The van der Waals surface area contributed by atoms with Crippen LogP contribution in [0.25, 0.3) is 0 Å². The summed E-state index contributed by atoms with van der Waals surface area (Å²) < 4.78 is 0. The van der Waals surface area contributed by atoms with Gasteiger partial charge in [0.1, 0.15) is 6.04 Å². The van der Waals surface area contributed by atoms with Crippen molar-refractivity contribution >= 4 is 17.8 Å². The summed E-state index contributed by atoms with van der Waals surface area (Å²) >= 11 is 0. The molecule has 144 valence electrons. The molecule has 7 nitrogen and oxygen atoms in total. The van der Waals surface area contributed by atoms with E-state index in [0.717, 1.165) is 12.0 Å². The molecular formula is C20H27N5O2. The molecule has 3 N–H and O–H groups in total. The van der Waals surface area contributed by atoms with Gasteiger partial charge in [-0.05, 0) is 24.0 Å². The zero-order chi connectivity index (χ0) is 19.5. The van der Waals surface area contributed by atoms with Crippen molar-refractivity contribution in [2.24, 2.45) is 5.92 Å². The standard InChI is InChI=1S/C20H27N5O2/c1-15(2)18(25-17(26)14-16-8-4-3-5-9-16)19(27)21-10-6-11-22-20-23-12-7-13-24-20/h3-5,7-9,12-13,15,18H,6,10-11,14H2,1-2H3,(H,21,27)(H,25,26)(H,22,23,24). The molecule has 27 heavy (non-hydrogen) atoms. The minimum absolute atomic E-state index is 0.000525. The second kappa shape index (κ2) is 10.9. The highest BCUT2D eigenvalue weighted by Gasteiger charge is 2.23. The molecule has 1 atom stereocenters. The average Bonchev–Trinajstić information content (AvgIpc) is 2.67. The van der Waals surface area contributed by atoms with Gasteiger partial charge in [-0.2, -0.15) is 0 Å². The van der Waals surface area contributed by atoms with E-state index in [2.05, 4.69) is 25.9 Å². The molecule has 2 rings (SSSR count). The molecule has 1 aromatic heterocycles. The third-order valence-electron chi connectivity index (χ3n) is 3.97. The topological polar surface area (TPSA) is 96.0 Å². The second-order valence-electron chi connectivity index (χ2n) is 6.60. The molecule has 0 bridgehead atoms. The van der Waals surface area contributed by atoms with E-state index in [1.807, 2.05) is 44.2 Å². The van der Waals surface area contributed by atoms with Gasteiger partial charge in [-0.25, -0.2) is 9.97 Å². The molecule has 0 aliphatic heterocycles. The number of hydrogen-bond acceptors (Lipinski definition) is 5. The van der Waals surface area contributed by atoms with Gasteiger partial charge in [-0.15, -0.1) is 0 Å². The van der Waals surface area contributed by atoms with Crippen molar-refractivity contribution in [3.63, 3.8) is 0 Å². The predicted octanol–water partition coefficient (Wildman–Crippen LogP) is 1.78. The number of amides is 2. The van der Waals surface area contributed by atoms with Crippen LogP contribution in [-0.2, 0) is 16.0 Å². The lowest BCUT2D eigenvalue weighted by molar-refractivity contribution is -0.129. The molecule has 0 aliphatic carbocycles. The van der Waals surface area contributed by atoms with Gasteiger partial charge in [0.05, 0.1) is 6.42 Å². The maximum Gasteiger partial charge on any atom is 0.242 e. The van der Waals surface area contributed by atoms with Crippen molar-refractivity contribution in [3.8, 4) is 0 Å². The predicted molar refractivity (Wildman–Crippen MR) is 105 cm³/mol. The number of benzene rings is 1. The lowest BCUT2D eigenvalue weighted by Gasteiger charge is -2.22. The molecule has 0 aliphatic rings. The minimum atomic E-state index is -0.549. The molecule has 1 heterocycles. The smallest absolute Gasteiger partial charge is 0.242 e. The number of carbonyl (C=O) groups excluding carboxylic acids is 2. The maximum atomic E-state index is 12.4. The Bertz CT molecular complexity index is 707. The molecule has 2 amide bonds. The first-order valence-corrected chi connectivity index (χ1v) is 9.18. The summed E-state index contributed by atoms with van der Waals surface area (Å²) in [5, 5.41) is 8.82. The van der Waals surface area contributed by atoms with Gasteiger partial charge in [0, 0.05) is 25.5 Å². The van der Waals surface area contributed by atoms with Crippen LogP contribution in [0, 0.1) is 5.92 Å². The Hall–Kier alpha value is -2.96. The summed E-state index contributed by atoms with van der Waals surface area (Å²) in [6.45, 7) is 5.00. The largest absolute Gasteiger partial charge is 0.354 e. The van der Waals surface area contributed by atoms with Crippen molar-refractivity contribution in [2.45, 2.75) is 32.7 Å². The number of hydrogen-bond donors (Lipinski definition) is 3. The third kappa shape index (κ3) is 7.43. The van der Waals surface area contributed by atoms with Crippen LogP contribution in [0.5, 0.6) is 0 Å². The molecule has 7 heteroatoms. The van der Waals surface area contributed by atoms with Crippen molar-refractivity contribution in [1.29, 1.82) is 0 Å². The summed E-state index contributed by atoms with van der Waals surface area (Å²) in [5.41, 5.74) is 0.923. The molecule has 1 aromatic carbocycles. The lowest BCUT2D eigenvalue weighted by atomic mass is 10.0. The summed E-state index contributed by atoms with van der Waals surface area (Å²) in [4.78, 5) is 32.8. The molecule has 0 saturated heterocycles. The molecule has 2 aromatic rings. The molecule has 0 fully saturated rings. The summed E-state index contributed by atoms with van der Waals surface area (Å²) in [6, 6.07) is 10.7. The van der Waals surface area contributed by atoms with Crippen LogP contribution in [0.15, 0.2) is 48.8 Å². The van der Waals surface area contributed by atoms with Crippen LogP contribution in [0.4, 0.5) is 5.95 Å². The fraction of sp³-hybridized carbons (Fsp3) is 0.400. The van der Waals surface area contributed by atoms with Crippen LogP contribution in [0.3, 0.4) is 0 Å². The fourth-order valence-corrected chi connectivity index (χ4v) is 2.54. The molecule has 1 unspecified atom stereocenters. The Morgan fingerprint density at radius 2 is 1.70 bits per heavy atom. The lowest BCUT2D eigenvalue weighted by Crippen LogP contribution is -2.50. The molecule has 0 spiro atoms. The number of anilines is 1. The number of carbonyl (C=O) groups is 2. The van der Waals surface area contributed by atoms with E-state index in [1.54, 1.807) is 18.5 Å². The highest BCUT2D eigenvalue weighted by atomic mass is 16.2. The summed E-state index contributed by atoms with van der Waals surface area (Å²) in [6.07, 6.45) is 4.33. The van der Waals surface area contributed by atoms with E-state index in [-0.39, 0.29) is 24.2 Å². The highest BCUT2D eigenvalue weighted by Crippen LogP contribution is 2.04. The Kier molecular flexibility index (Phi) is 8.22. The van der Waals surface area contributed by atoms with Crippen LogP contribution in [-0.4, -0.2) is 40.9 Å². The number of nitrogens with one attached hydrogen (secondary N) is 3. The van der Waals surface area contributed by atoms with Crippen LogP contribution >= 0.6 is 0 Å². The van der Waals surface area contributed by atoms with E-state index >= 15 is 0 Å². The monoisotopic (exact) mass is 369 g/mol. The van der Waals surface area contributed by atoms with Gasteiger partial charge in [0.25, 0.3) is 0 Å². The Labute approximate surface area is 160 Å². The van der Waals surface area contributed by atoms with E-state index in [1.165, 1.54) is 0 Å². The first-order chi connectivity index (χ1) is 13.1. The first kappa shape index (κ1) is 20.4. The van der Waals surface area contributed by atoms with Crippen molar-refractivity contribution in [1.82, 2.24) is 20.6 Å². The second-order valence-corrected chi connectivity index (χ2v) is 6.60. The average molecular weight is 369 g/mol. The van der Waals surface area contributed by atoms with Crippen LogP contribution in [0.2, 0.25) is 0 Å². The van der Waals surface area contributed by atoms with E-state index in [4.69, 9.17) is 0 Å². The zero-order valence-electron chi connectivity index (χ0n) is 15.8. The minimum Gasteiger partial charge on any atom is -0.354 e. The Morgan fingerprint density at radius 1 is 1.00 bits per heavy atom. The highest BCUT2D eigenvalue weighted by molar-refractivity contribution is 5.88. The van der Waals surface area contributed by atoms with Gasteiger partial charge < -0.3 is 16.0 Å². The van der Waals surface area contributed by atoms with E-state index in [0.29, 0.717) is 19.0 Å². The summed E-state index contributed by atoms with van der Waals surface area (Å²) in [5.74, 6) is 0.248. The van der Waals surface area contributed by atoms with Crippen LogP contribution in [0.1, 0.15) is 25.8 Å². The van der Waals surface area contributed by atoms with E-state index < -0.39 is 6.04 Å². The van der Waals surface area contributed by atoms with Gasteiger partial charge in [-0.3, -0.25) is 9.59 Å². The molecule has 0 saturated carbocycles. The third-order valence-corrected chi connectivity index (χ3v) is 3.97. The normalized spacial score (nSPS) is 11.7.